The molecule has 4 aromatic heterocycles. The van der Waals surface area contributed by atoms with E-state index in [1.54, 1.807) is 0 Å². The van der Waals surface area contributed by atoms with Crippen LogP contribution in [0.2, 0.25) is 0 Å². The van der Waals surface area contributed by atoms with Crippen molar-refractivity contribution in [3.05, 3.63) is 227 Å². The average molecular weight is 835 g/mol. The van der Waals surface area contributed by atoms with Gasteiger partial charge in [0.05, 0.1) is 22.2 Å². The van der Waals surface area contributed by atoms with Crippen LogP contribution in [0, 0.1) is 0 Å². The first-order chi connectivity index (χ1) is 32.8. The lowest BCUT2D eigenvalue weighted by Crippen LogP contribution is -2.99. The maximum Gasteiger partial charge on any atom is 0.345 e. The first-order valence-corrected chi connectivity index (χ1v) is 23.2. The van der Waals surface area contributed by atoms with Crippen molar-refractivity contribution in [2.45, 2.75) is 10.8 Å². The van der Waals surface area contributed by atoms with E-state index < -0.39 is 10.8 Å². The lowest BCUT2D eigenvalue weighted by Gasteiger charge is -2.46. The van der Waals surface area contributed by atoms with Crippen LogP contribution >= 0.6 is 0 Å². The van der Waals surface area contributed by atoms with Crippen LogP contribution in [-0.4, -0.2) is 23.4 Å². The number of rotatable bonds is 0. The number of nitrogens with zero attached hydrogens (tertiary/aromatic N) is 5. The van der Waals surface area contributed by atoms with E-state index in [0.717, 1.165) is 22.9 Å². The zero-order chi connectivity index (χ0) is 42.2. The van der Waals surface area contributed by atoms with Gasteiger partial charge in [-0.2, -0.15) is 0 Å². The molecule has 11 heterocycles. The highest BCUT2D eigenvalue weighted by molar-refractivity contribution is 7.01. The van der Waals surface area contributed by atoms with Crippen molar-refractivity contribution in [3.8, 4) is 56.0 Å². The summed E-state index contributed by atoms with van der Waals surface area (Å²) in [5.74, 6) is 1.78. The van der Waals surface area contributed by atoms with Gasteiger partial charge in [-0.3, -0.25) is 9.97 Å². The smallest absolute Gasteiger partial charge is 0.345 e. The summed E-state index contributed by atoms with van der Waals surface area (Å²) in [5.41, 5.74) is 29.2. The topological polar surface area (TPSA) is 42.8 Å². The first kappa shape index (κ1) is 32.5. The van der Waals surface area contributed by atoms with Gasteiger partial charge < -0.3 is 4.74 Å². The molecule has 0 amide bonds. The molecule has 0 saturated carbocycles. The Labute approximate surface area is 379 Å². The Morgan fingerprint density at radius 3 is 1.20 bits per heavy atom. The monoisotopic (exact) mass is 834 g/mol. The fourth-order valence-electron chi connectivity index (χ4n) is 15.8. The zero-order valence-electron chi connectivity index (χ0n) is 35.1. The Balaban J connectivity index is 1.05. The minimum Gasteiger partial charge on any atom is -0.444 e. The fraction of sp³-hybridized carbons (Fsp3) is 0.0345. The molecule has 0 atom stereocenters. The van der Waals surface area contributed by atoms with E-state index >= 15 is 0 Å². The molecule has 2 aliphatic carbocycles. The number of fused-ring (bicyclic) bond motifs is 16. The number of hydrogen-bond donors (Lipinski definition) is 0. The molecule has 0 N–H and O–H groups in total. The average Bonchev–Trinajstić information content (AvgIpc) is 4.09. The van der Waals surface area contributed by atoms with Crippen molar-refractivity contribution in [2.75, 3.05) is 0 Å². The Bertz CT molecular complexity index is 3800. The molecule has 0 radical (unpaired) electrons. The summed E-state index contributed by atoms with van der Waals surface area (Å²) in [4.78, 5) is 11.1. The Morgan fingerprint density at radius 2 is 0.773 bits per heavy atom. The molecular formula is C58H30B2N5O+3. The number of benzene rings is 6. The van der Waals surface area contributed by atoms with Crippen LogP contribution in [-0.2, 0) is 10.8 Å². The number of quaternary nitrogens is 1. The van der Waals surface area contributed by atoms with Crippen LogP contribution in [0.4, 0.5) is 11.4 Å². The molecule has 0 saturated heterocycles. The van der Waals surface area contributed by atoms with Crippen LogP contribution in [0.25, 0.3) is 44.5 Å². The van der Waals surface area contributed by atoms with E-state index in [9.17, 15) is 0 Å². The minimum atomic E-state index is -0.649. The van der Waals surface area contributed by atoms with Crippen molar-refractivity contribution in [1.82, 2.24) is 14.7 Å². The summed E-state index contributed by atoms with van der Waals surface area (Å²) in [6.45, 7) is -0.0984. The molecule has 8 heteroatoms. The van der Waals surface area contributed by atoms with Gasteiger partial charge in [0.2, 0.25) is 35.1 Å². The molecule has 9 aliphatic rings. The van der Waals surface area contributed by atoms with Crippen molar-refractivity contribution in [2.24, 2.45) is 0 Å². The van der Waals surface area contributed by atoms with Gasteiger partial charge in [-0.25, -0.2) is 0 Å². The second kappa shape index (κ2) is 10.0. The second-order valence-corrected chi connectivity index (χ2v) is 19.5. The van der Waals surface area contributed by atoms with E-state index in [2.05, 4.69) is 192 Å². The third-order valence-corrected chi connectivity index (χ3v) is 17.5. The highest BCUT2D eigenvalue weighted by Gasteiger charge is 2.78. The first-order valence-electron chi connectivity index (χ1n) is 23.2. The van der Waals surface area contributed by atoms with Gasteiger partial charge in [-0.05, 0) is 114 Å². The predicted molar refractivity (Wildman–Crippen MR) is 256 cm³/mol. The van der Waals surface area contributed by atoms with Gasteiger partial charge in [0.15, 0.2) is 4.70 Å². The lowest BCUT2D eigenvalue weighted by atomic mass is 9.32. The number of hydrogen-bond acceptors (Lipinski definition) is 3. The summed E-state index contributed by atoms with van der Waals surface area (Å²) in [7, 11) is 0. The molecule has 0 fully saturated rings. The Hall–Kier alpha value is -8.19. The van der Waals surface area contributed by atoms with Crippen molar-refractivity contribution in [1.29, 1.82) is 0 Å². The predicted octanol–water partition coefficient (Wildman–Crippen LogP) is 5.70. The Kier molecular flexibility index (Phi) is 4.93. The van der Waals surface area contributed by atoms with E-state index in [-0.39, 0.29) is 13.4 Å². The third kappa shape index (κ3) is 2.87. The van der Waals surface area contributed by atoms with Crippen molar-refractivity contribution in [3.63, 3.8) is 0 Å². The fourth-order valence-corrected chi connectivity index (χ4v) is 15.8. The summed E-state index contributed by atoms with van der Waals surface area (Å²) in [6, 6.07) is 59.6. The highest BCUT2D eigenvalue weighted by Crippen LogP contribution is 2.62. The normalized spacial score (nSPS) is 17.2. The van der Waals surface area contributed by atoms with Gasteiger partial charge in [0.1, 0.15) is 0 Å². The Morgan fingerprint density at radius 1 is 0.379 bits per heavy atom. The van der Waals surface area contributed by atoms with E-state index in [1.165, 1.54) is 122 Å². The summed E-state index contributed by atoms with van der Waals surface area (Å²) in [6.07, 6.45) is 8.86. The molecule has 10 aromatic rings. The lowest BCUT2D eigenvalue weighted by molar-refractivity contribution is -1.03. The van der Waals surface area contributed by atoms with Crippen LogP contribution in [0.3, 0.4) is 0 Å². The van der Waals surface area contributed by atoms with Crippen LogP contribution in [0.15, 0.2) is 183 Å². The second-order valence-electron chi connectivity index (χ2n) is 19.5. The molecule has 66 heavy (non-hydrogen) atoms. The summed E-state index contributed by atoms with van der Waals surface area (Å²) < 4.78 is 13.1. The van der Waals surface area contributed by atoms with E-state index in [4.69, 9.17) is 14.7 Å². The maximum absolute atomic E-state index is 7.55. The molecular weight excluding hydrogens is 804 g/mol. The molecule has 6 aromatic carbocycles. The van der Waals surface area contributed by atoms with Crippen LogP contribution in [0.1, 0.15) is 44.8 Å². The van der Waals surface area contributed by atoms with Gasteiger partial charge in [-0.1, -0.05) is 109 Å². The quantitative estimate of drug-likeness (QED) is 0.112. The summed E-state index contributed by atoms with van der Waals surface area (Å²) in [5, 5.41) is 0. The molecule has 3 spiro atoms. The maximum atomic E-state index is 7.55. The van der Waals surface area contributed by atoms with Crippen molar-refractivity contribution >= 4 is 57.8 Å². The number of ether oxygens (including phenoxy) is 1. The van der Waals surface area contributed by atoms with E-state index in [0.29, 0.717) is 4.70 Å². The van der Waals surface area contributed by atoms with Gasteiger partial charge >= 0.3 is 13.4 Å². The number of aromatic nitrogens is 4. The molecule has 296 valence electrons. The molecule has 0 unspecified atom stereocenters. The van der Waals surface area contributed by atoms with Crippen molar-refractivity contribution < 1.29 is 14.1 Å². The zero-order valence-corrected chi connectivity index (χ0v) is 35.1. The molecule has 7 aliphatic heterocycles. The van der Waals surface area contributed by atoms with Gasteiger partial charge in [0, 0.05) is 55.9 Å². The van der Waals surface area contributed by atoms with Crippen LogP contribution in [0.5, 0.6) is 11.5 Å². The molecule has 19 rings (SSSR count). The highest BCUT2D eigenvalue weighted by atomic mass is 16.5. The van der Waals surface area contributed by atoms with E-state index in [1.807, 2.05) is 0 Å². The van der Waals surface area contributed by atoms with Crippen LogP contribution < -0.4 is 51.8 Å². The summed E-state index contributed by atoms with van der Waals surface area (Å²) >= 11 is 0. The SMILES string of the molecule is c1ccc2c(c1)-c1ccccc1C21c2ccc3c4c2B2c5c(ccnc51)-c1ccc[n+](c12)[N+]41c2c(ccc4c2B2c5c(ccnc5C45c4ccccc4-c4ccccc45)-c4ccc[n+]1c42)O3. The van der Waals surface area contributed by atoms with Gasteiger partial charge in [-0.15, -0.1) is 0 Å². The van der Waals surface area contributed by atoms with Gasteiger partial charge in [0.25, 0.3) is 11.4 Å². The number of pyridine rings is 4. The molecule has 6 nitrogen and oxygen atoms in total. The largest absolute Gasteiger partial charge is 0.444 e. The molecule has 0 bridgehead atoms. The third-order valence-electron chi connectivity index (χ3n) is 17.5. The minimum absolute atomic E-state index is 0.0492. The standard InChI is InChI=1S/C58H30B2N5O/c1-5-17-39-31(11-1)32-12-2-6-18-40(32)57(39)43-21-23-45-51-49(43)59-47-35(25-27-61-53(47)57)37-15-9-29-63(55(37)59)65(51)52-46(66-45)24-22-44-50(52)60-48-36(38-16-10-30-64(65)56(38)60)26-28-62-54(48)58(44)41-19-7-3-13-33(41)34-14-4-8-20-42(34)58/h1-30H/q+3.